The summed E-state index contributed by atoms with van der Waals surface area (Å²) >= 11 is 0. The number of carbonyl (C=O) groups excluding carboxylic acids is 1. The van der Waals surface area contributed by atoms with Gasteiger partial charge in [-0.25, -0.2) is 9.37 Å². The largest absolute Gasteiger partial charge is 0.494 e. The number of aryl methyl sites for hydroxylation is 1. The average Bonchev–Trinajstić information content (AvgIpc) is 3.00. The van der Waals surface area contributed by atoms with Crippen molar-refractivity contribution in [1.82, 2.24) is 14.5 Å². The van der Waals surface area contributed by atoms with Gasteiger partial charge in [-0.1, -0.05) is 6.07 Å². The van der Waals surface area contributed by atoms with Crippen LogP contribution in [0.2, 0.25) is 0 Å². The predicted octanol–water partition coefficient (Wildman–Crippen LogP) is 2.37. The number of nitrogens with zero attached hydrogens (tertiary/aromatic N) is 3. The molecule has 0 aliphatic rings. The number of aromatic nitrogens is 2. The van der Waals surface area contributed by atoms with Crippen LogP contribution < -0.4 is 4.74 Å². The molecule has 2 rings (SSSR count). The van der Waals surface area contributed by atoms with Gasteiger partial charge >= 0.3 is 6.18 Å². The third-order valence-electron chi connectivity index (χ3n) is 4.13. The van der Waals surface area contributed by atoms with E-state index in [9.17, 15) is 27.5 Å². The van der Waals surface area contributed by atoms with E-state index in [1.807, 2.05) is 0 Å². The maximum atomic E-state index is 13.7. The third-order valence-corrected chi connectivity index (χ3v) is 4.13. The van der Waals surface area contributed by atoms with Crippen LogP contribution in [0.5, 0.6) is 5.75 Å². The summed E-state index contributed by atoms with van der Waals surface area (Å²) in [4.78, 5) is 16.8. The molecular formula is C17H19F4N3O3. The zero-order valence-corrected chi connectivity index (χ0v) is 14.9. The number of hydrogen-bond donors (Lipinski definition) is 1. The molecule has 1 amide bonds. The molecule has 0 fully saturated rings. The van der Waals surface area contributed by atoms with Crippen LogP contribution in [0, 0.1) is 5.82 Å². The Morgan fingerprint density at radius 1 is 1.37 bits per heavy atom. The molecular weight excluding hydrogens is 370 g/mol. The molecule has 27 heavy (non-hydrogen) atoms. The predicted molar refractivity (Wildman–Crippen MR) is 87.2 cm³/mol. The lowest BCUT2D eigenvalue weighted by Crippen LogP contribution is -2.48. The molecule has 2 aromatic rings. The number of carbonyl (C=O) groups is 1. The Bertz CT molecular complexity index is 822. The fourth-order valence-corrected chi connectivity index (χ4v) is 2.59. The molecule has 0 aliphatic heterocycles. The number of halogens is 4. The van der Waals surface area contributed by atoms with Crippen molar-refractivity contribution in [3.05, 3.63) is 47.8 Å². The van der Waals surface area contributed by atoms with Crippen LogP contribution in [0.1, 0.15) is 17.8 Å². The van der Waals surface area contributed by atoms with Crippen molar-refractivity contribution >= 4 is 5.91 Å². The summed E-state index contributed by atoms with van der Waals surface area (Å²) < 4.78 is 60.0. The van der Waals surface area contributed by atoms with E-state index >= 15 is 0 Å². The summed E-state index contributed by atoms with van der Waals surface area (Å²) in [5.74, 6) is -2.31. The van der Waals surface area contributed by atoms with Crippen molar-refractivity contribution < 1.29 is 32.2 Å². The highest BCUT2D eigenvalue weighted by molar-refractivity contribution is 5.77. The second-order valence-corrected chi connectivity index (χ2v) is 6.12. The monoisotopic (exact) mass is 389 g/mol. The number of amides is 1. The Balaban J connectivity index is 2.20. The molecule has 148 valence electrons. The van der Waals surface area contributed by atoms with E-state index in [0.29, 0.717) is 5.56 Å². The Hall–Kier alpha value is -2.62. The summed E-state index contributed by atoms with van der Waals surface area (Å²) in [6.07, 6.45) is -4.04. The molecule has 0 saturated carbocycles. The molecule has 0 radical (unpaired) electrons. The number of methoxy groups -OCH3 is 1. The fraction of sp³-hybridized carbons (Fsp3) is 0.412. The minimum absolute atomic E-state index is 0.00829. The highest BCUT2D eigenvalue weighted by Gasteiger charge is 2.58. The summed E-state index contributed by atoms with van der Waals surface area (Å²) in [6, 6.07) is 3.96. The van der Waals surface area contributed by atoms with Crippen molar-refractivity contribution in [2.24, 2.45) is 7.05 Å². The van der Waals surface area contributed by atoms with Gasteiger partial charge < -0.3 is 19.3 Å². The Morgan fingerprint density at radius 3 is 2.52 bits per heavy atom. The Labute approximate surface area is 153 Å². The molecule has 1 aromatic carbocycles. The molecule has 1 aromatic heterocycles. The third kappa shape index (κ3) is 4.21. The zero-order valence-electron chi connectivity index (χ0n) is 14.9. The number of rotatable bonds is 6. The number of aliphatic hydroxyl groups is 1. The van der Waals surface area contributed by atoms with E-state index < -0.39 is 35.7 Å². The number of hydrogen-bond acceptors (Lipinski definition) is 4. The molecule has 1 unspecified atom stereocenters. The lowest BCUT2D eigenvalue weighted by atomic mass is 9.96. The molecule has 0 bridgehead atoms. The van der Waals surface area contributed by atoms with Crippen LogP contribution in [0.25, 0.3) is 0 Å². The molecule has 0 spiro atoms. The molecule has 0 saturated heterocycles. The van der Waals surface area contributed by atoms with Crippen molar-refractivity contribution in [2.75, 3.05) is 14.2 Å². The van der Waals surface area contributed by atoms with E-state index in [2.05, 4.69) is 4.98 Å². The normalized spacial score (nSPS) is 13.9. The van der Waals surface area contributed by atoms with E-state index in [-0.39, 0.29) is 12.3 Å². The first-order valence-electron chi connectivity index (χ1n) is 7.83. The first-order chi connectivity index (χ1) is 12.5. The van der Waals surface area contributed by atoms with Gasteiger partial charge in [0.15, 0.2) is 17.4 Å². The van der Waals surface area contributed by atoms with E-state index in [1.54, 1.807) is 0 Å². The SMILES string of the molecule is COc1ccc(CN(C)C(=O)CC(O)(c2nccn2C)C(F)(F)F)cc1F. The van der Waals surface area contributed by atoms with Crippen molar-refractivity contribution in [3.8, 4) is 5.75 Å². The molecule has 0 aliphatic carbocycles. The summed E-state index contributed by atoms with van der Waals surface area (Å²) in [7, 11) is 3.84. The van der Waals surface area contributed by atoms with Crippen LogP contribution in [-0.2, 0) is 24.0 Å². The van der Waals surface area contributed by atoms with Gasteiger partial charge in [0.05, 0.1) is 13.5 Å². The van der Waals surface area contributed by atoms with Crippen LogP contribution in [0.3, 0.4) is 0 Å². The highest BCUT2D eigenvalue weighted by atomic mass is 19.4. The molecule has 1 atom stereocenters. The Kier molecular flexibility index (Phi) is 5.79. The summed E-state index contributed by atoms with van der Waals surface area (Å²) in [6.45, 7) is -0.145. The summed E-state index contributed by atoms with van der Waals surface area (Å²) in [5, 5.41) is 10.3. The van der Waals surface area contributed by atoms with Crippen LogP contribution in [-0.4, -0.2) is 45.8 Å². The van der Waals surface area contributed by atoms with Crippen LogP contribution in [0.15, 0.2) is 30.6 Å². The maximum Gasteiger partial charge on any atom is 0.425 e. The molecule has 1 N–H and O–H groups in total. The topological polar surface area (TPSA) is 67.6 Å². The second-order valence-electron chi connectivity index (χ2n) is 6.12. The van der Waals surface area contributed by atoms with E-state index in [0.717, 1.165) is 21.7 Å². The van der Waals surface area contributed by atoms with Gasteiger partial charge in [-0.3, -0.25) is 4.79 Å². The average molecular weight is 389 g/mol. The lowest BCUT2D eigenvalue weighted by Gasteiger charge is -2.31. The quantitative estimate of drug-likeness (QED) is 0.771. The van der Waals surface area contributed by atoms with Gasteiger partial charge in [-0.05, 0) is 17.7 Å². The second kappa shape index (κ2) is 7.55. The van der Waals surface area contributed by atoms with E-state index in [4.69, 9.17) is 4.74 Å². The van der Waals surface area contributed by atoms with Gasteiger partial charge in [-0.2, -0.15) is 13.2 Å². The van der Waals surface area contributed by atoms with Crippen LogP contribution in [0.4, 0.5) is 17.6 Å². The van der Waals surface area contributed by atoms with Gasteiger partial charge in [-0.15, -0.1) is 0 Å². The number of ether oxygens (including phenoxy) is 1. The van der Waals surface area contributed by atoms with Gasteiger partial charge in [0, 0.05) is 33.0 Å². The first-order valence-corrected chi connectivity index (χ1v) is 7.83. The molecule has 10 heteroatoms. The zero-order chi connectivity index (χ0) is 20.4. The van der Waals surface area contributed by atoms with E-state index in [1.165, 1.54) is 39.5 Å². The summed E-state index contributed by atoms with van der Waals surface area (Å²) in [5.41, 5.74) is -3.08. The van der Waals surface area contributed by atoms with Crippen molar-refractivity contribution in [1.29, 1.82) is 0 Å². The minimum Gasteiger partial charge on any atom is -0.494 e. The van der Waals surface area contributed by atoms with Gasteiger partial charge in [0.25, 0.3) is 0 Å². The Morgan fingerprint density at radius 2 is 2.04 bits per heavy atom. The number of benzene rings is 1. The minimum atomic E-state index is -5.12. The maximum absolute atomic E-state index is 13.7. The van der Waals surface area contributed by atoms with Crippen LogP contribution >= 0.6 is 0 Å². The standard InChI is InChI=1S/C17H19F4N3O3/c1-23-7-6-22-15(23)16(26,17(19,20)21)9-14(25)24(2)10-11-4-5-13(27-3)12(18)8-11/h4-8,26H,9-10H2,1-3H3. The number of imidazole rings is 1. The van der Waals surface area contributed by atoms with Gasteiger partial charge in [0.1, 0.15) is 0 Å². The van der Waals surface area contributed by atoms with Crippen molar-refractivity contribution in [3.63, 3.8) is 0 Å². The number of alkyl halides is 3. The first kappa shape index (κ1) is 20.7. The van der Waals surface area contributed by atoms with Gasteiger partial charge in [0.2, 0.25) is 11.5 Å². The lowest BCUT2D eigenvalue weighted by molar-refractivity contribution is -0.271. The molecule has 1 heterocycles. The van der Waals surface area contributed by atoms with Crippen molar-refractivity contribution in [2.45, 2.75) is 24.7 Å². The highest BCUT2D eigenvalue weighted by Crippen LogP contribution is 2.41. The molecule has 6 nitrogen and oxygen atoms in total. The smallest absolute Gasteiger partial charge is 0.425 e. The fourth-order valence-electron chi connectivity index (χ4n) is 2.59.